The van der Waals surface area contributed by atoms with E-state index < -0.39 is 55.6 Å². The Hall–Kier alpha value is -3.02. The summed E-state index contributed by atoms with van der Waals surface area (Å²) in [6.45, 7) is -0.555. The van der Waals surface area contributed by atoms with Crippen LogP contribution in [0.4, 0.5) is 4.79 Å². The molecule has 2 fully saturated rings. The molecule has 2 aromatic carbocycles. The smallest absolute Gasteiger partial charge is 0.407 e. The van der Waals surface area contributed by atoms with Gasteiger partial charge in [-0.05, 0) is 5.56 Å². The molecule has 0 bridgehead atoms. The number of ether oxygens (including phenoxy) is 5. The molecule has 2 aliphatic heterocycles. The summed E-state index contributed by atoms with van der Waals surface area (Å²) in [5.74, 6) is -1.20. The molecule has 6 atom stereocenters. The van der Waals surface area contributed by atoms with E-state index in [0.717, 1.165) is 11.1 Å². The van der Waals surface area contributed by atoms with Crippen molar-refractivity contribution in [1.29, 1.82) is 0 Å². The Morgan fingerprint density at radius 3 is 2.42 bits per heavy atom. The molecule has 0 aliphatic carbocycles. The molecular weight excluding hydrogens is 434 g/mol. The first-order valence-corrected chi connectivity index (χ1v) is 10.5. The molecule has 0 radical (unpaired) electrons. The summed E-state index contributed by atoms with van der Waals surface area (Å²) < 4.78 is 28.1. The van der Waals surface area contributed by atoms with Crippen molar-refractivity contribution in [3.63, 3.8) is 0 Å². The maximum atomic E-state index is 12.4. The summed E-state index contributed by atoms with van der Waals surface area (Å²) in [5, 5.41) is 22.2. The summed E-state index contributed by atoms with van der Waals surface area (Å²) in [6.07, 6.45) is -5.62. The van der Waals surface area contributed by atoms with Crippen molar-refractivity contribution in [3.8, 4) is 0 Å². The predicted molar refractivity (Wildman–Crippen MR) is 112 cm³/mol. The van der Waals surface area contributed by atoms with E-state index >= 15 is 0 Å². The van der Waals surface area contributed by atoms with Crippen molar-refractivity contribution in [3.05, 3.63) is 71.8 Å². The average molecular weight is 459 g/mol. The SMILES string of the molecule is O=C(O)CO[C@@H]1[C@@H](NC(=O)OCc2ccccc2)[C@@H](O)O[C@@H]2COC(c3ccccc3)O[C@@H]12. The number of aliphatic hydroxyl groups excluding tert-OH is 1. The van der Waals surface area contributed by atoms with E-state index in [1.807, 2.05) is 48.5 Å². The van der Waals surface area contributed by atoms with Crippen LogP contribution in [0.2, 0.25) is 0 Å². The van der Waals surface area contributed by atoms with E-state index in [0.29, 0.717) is 0 Å². The van der Waals surface area contributed by atoms with Gasteiger partial charge in [-0.15, -0.1) is 0 Å². The fourth-order valence-electron chi connectivity index (χ4n) is 3.79. The third-order valence-electron chi connectivity index (χ3n) is 5.33. The molecule has 3 N–H and O–H groups in total. The quantitative estimate of drug-likeness (QED) is 0.564. The summed E-state index contributed by atoms with van der Waals surface area (Å²) >= 11 is 0. The Labute approximate surface area is 190 Å². The molecule has 4 rings (SSSR count). The zero-order chi connectivity index (χ0) is 23.2. The van der Waals surface area contributed by atoms with Crippen molar-refractivity contribution in [1.82, 2.24) is 5.32 Å². The average Bonchev–Trinajstić information content (AvgIpc) is 2.83. The molecule has 1 unspecified atom stereocenters. The highest BCUT2D eigenvalue weighted by Crippen LogP contribution is 2.34. The number of amides is 1. The molecule has 2 heterocycles. The van der Waals surface area contributed by atoms with Crippen molar-refractivity contribution in [2.75, 3.05) is 13.2 Å². The number of benzene rings is 2. The number of fused-ring (bicyclic) bond motifs is 1. The highest BCUT2D eigenvalue weighted by molar-refractivity contribution is 5.68. The van der Waals surface area contributed by atoms with Crippen LogP contribution in [0, 0.1) is 0 Å². The standard InChI is InChI=1S/C23H25NO9/c25-17(26)13-29-20-18(24-23(28)31-11-14-7-3-1-4-8-14)21(27)32-16-12-30-22(33-19(16)20)15-9-5-2-6-10-15/h1-10,16,18-22,27H,11-13H2,(H,24,28)(H,25,26)/t16-,18-,19-,20-,21+,22?/m1/s1. The normalized spacial score (nSPS) is 29.0. The fraction of sp³-hybridized carbons (Fsp3) is 0.391. The van der Waals surface area contributed by atoms with Crippen LogP contribution in [0.3, 0.4) is 0 Å². The minimum atomic E-state index is -1.49. The molecule has 2 saturated heterocycles. The first kappa shape index (κ1) is 23.1. The molecule has 1 amide bonds. The lowest BCUT2D eigenvalue weighted by atomic mass is 9.95. The third-order valence-corrected chi connectivity index (χ3v) is 5.33. The summed E-state index contributed by atoms with van der Waals surface area (Å²) in [4.78, 5) is 23.6. The van der Waals surface area contributed by atoms with Crippen molar-refractivity contribution in [2.45, 2.75) is 43.5 Å². The number of hydrogen-bond donors (Lipinski definition) is 3. The van der Waals surface area contributed by atoms with Gasteiger partial charge in [-0.3, -0.25) is 0 Å². The van der Waals surface area contributed by atoms with Crippen LogP contribution in [-0.2, 0) is 35.1 Å². The summed E-state index contributed by atoms with van der Waals surface area (Å²) in [6, 6.07) is 17.1. The summed E-state index contributed by atoms with van der Waals surface area (Å²) in [7, 11) is 0. The van der Waals surface area contributed by atoms with Crippen LogP contribution in [-0.4, -0.2) is 66.1 Å². The van der Waals surface area contributed by atoms with Gasteiger partial charge in [0, 0.05) is 5.56 Å². The molecule has 0 saturated carbocycles. The lowest BCUT2D eigenvalue weighted by Gasteiger charge is -2.47. The van der Waals surface area contributed by atoms with Gasteiger partial charge in [0.05, 0.1) is 6.61 Å². The van der Waals surface area contributed by atoms with Crippen molar-refractivity contribution < 1.29 is 43.5 Å². The number of hydrogen-bond acceptors (Lipinski definition) is 8. The molecule has 2 aliphatic rings. The number of carboxylic acids is 1. The van der Waals surface area contributed by atoms with Crippen LogP contribution in [0.25, 0.3) is 0 Å². The van der Waals surface area contributed by atoms with Crippen LogP contribution in [0.1, 0.15) is 17.4 Å². The van der Waals surface area contributed by atoms with Gasteiger partial charge in [0.25, 0.3) is 0 Å². The predicted octanol–water partition coefficient (Wildman–Crippen LogP) is 1.58. The van der Waals surface area contributed by atoms with Gasteiger partial charge in [-0.25, -0.2) is 9.59 Å². The minimum absolute atomic E-state index is 0.0173. The van der Waals surface area contributed by atoms with Gasteiger partial charge in [-0.2, -0.15) is 0 Å². The second-order valence-corrected chi connectivity index (χ2v) is 7.64. The van der Waals surface area contributed by atoms with Gasteiger partial charge < -0.3 is 39.2 Å². The topological polar surface area (TPSA) is 133 Å². The van der Waals surface area contributed by atoms with E-state index in [1.165, 1.54) is 0 Å². The maximum Gasteiger partial charge on any atom is 0.407 e. The molecular formula is C23H25NO9. The second kappa shape index (κ2) is 10.7. The van der Waals surface area contributed by atoms with E-state index in [9.17, 15) is 14.7 Å². The Balaban J connectivity index is 1.47. The van der Waals surface area contributed by atoms with Crippen LogP contribution in [0.15, 0.2) is 60.7 Å². The Kier molecular flexibility index (Phi) is 7.53. The van der Waals surface area contributed by atoms with E-state index in [-0.39, 0.29) is 13.2 Å². The van der Waals surface area contributed by atoms with Gasteiger partial charge in [0.1, 0.15) is 37.6 Å². The first-order chi connectivity index (χ1) is 16.0. The lowest BCUT2D eigenvalue weighted by molar-refractivity contribution is -0.341. The van der Waals surface area contributed by atoms with Crippen molar-refractivity contribution >= 4 is 12.1 Å². The maximum absolute atomic E-state index is 12.4. The number of aliphatic hydroxyl groups is 1. The zero-order valence-electron chi connectivity index (χ0n) is 17.6. The number of carbonyl (C=O) groups is 2. The van der Waals surface area contributed by atoms with Gasteiger partial charge in [-0.1, -0.05) is 60.7 Å². The van der Waals surface area contributed by atoms with E-state index in [2.05, 4.69) is 5.32 Å². The Bertz CT molecular complexity index is 926. The minimum Gasteiger partial charge on any atom is -0.480 e. The highest BCUT2D eigenvalue weighted by atomic mass is 16.7. The van der Waals surface area contributed by atoms with E-state index in [1.54, 1.807) is 12.1 Å². The fourth-order valence-corrected chi connectivity index (χ4v) is 3.79. The number of nitrogens with one attached hydrogen (secondary N) is 1. The Morgan fingerprint density at radius 2 is 1.73 bits per heavy atom. The monoisotopic (exact) mass is 459 g/mol. The molecule has 33 heavy (non-hydrogen) atoms. The molecule has 10 nitrogen and oxygen atoms in total. The van der Waals surface area contributed by atoms with Gasteiger partial charge in [0.15, 0.2) is 12.6 Å². The Morgan fingerprint density at radius 1 is 1.03 bits per heavy atom. The van der Waals surface area contributed by atoms with Gasteiger partial charge in [0.2, 0.25) is 0 Å². The van der Waals surface area contributed by atoms with Crippen molar-refractivity contribution in [2.24, 2.45) is 0 Å². The first-order valence-electron chi connectivity index (χ1n) is 10.5. The second-order valence-electron chi connectivity index (χ2n) is 7.64. The number of alkyl carbamates (subject to hydrolysis) is 1. The number of aliphatic carboxylic acids is 1. The molecule has 2 aromatic rings. The lowest BCUT2D eigenvalue weighted by Crippen LogP contribution is -2.67. The van der Waals surface area contributed by atoms with E-state index in [4.69, 9.17) is 28.8 Å². The van der Waals surface area contributed by atoms with Gasteiger partial charge >= 0.3 is 12.1 Å². The van der Waals surface area contributed by atoms with Crippen LogP contribution >= 0.6 is 0 Å². The summed E-state index contributed by atoms with van der Waals surface area (Å²) in [5.41, 5.74) is 1.54. The molecule has 0 aromatic heterocycles. The van der Waals surface area contributed by atoms with Crippen LogP contribution < -0.4 is 5.32 Å². The number of carboxylic acid groups (broad SMARTS) is 1. The molecule has 10 heteroatoms. The number of carbonyl (C=O) groups excluding carboxylic acids is 1. The van der Waals surface area contributed by atoms with Crippen LogP contribution in [0.5, 0.6) is 0 Å². The highest BCUT2D eigenvalue weighted by Gasteiger charge is 2.51. The zero-order valence-corrected chi connectivity index (χ0v) is 17.6. The number of rotatable bonds is 7. The molecule has 0 spiro atoms. The molecule has 176 valence electrons. The largest absolute Gasteiger partial charge is 0.480 e. The third kappa shape index (κ3) is 5.86.